The van der Waals surface area contributed by atoms with Gasteiger partial charge in [-0.1, -0.05) is 0 Å². The quantitative estimate of drug-likeness (QED) is 0.606. The summed E-state index contributed by atoms with van der Waals surface area (Å²) in [6, 6.07) is 3.85. The summed E-state index contributed by atoms with van der Waals surface area (Å²) in [6.45, 7) is 0. The molecule has 2 N–H and O–H groups in total. The Morgan fingerprint density at radius 3 is 3.00 bits per heavy atom. The molecule has 0 aromatic carbocycles. The number of rotatable bonds is 3. The van der Waals surface area contributed by atoms with E-state index in [1.807, 2.05) is 23.7 Å². The number of hydrogen-bond acceptors (Lipinski definition) is 6. The first-order chi connectivity index (χ1) is 10.4. The Morgan fingerprint density at radius 1 is 1.10 bits per heavy atom. The van der Waals surface area contributed by atoms with Gasteiger partial charge in [-0.15, -0.1) is 11.3 Å². The molecule has 0 aliphatic rings. The first-order valence-electron chi connectivity index (χ1n) is 6.31. The number of aromatic nitrogens is 5. The lowest BCUT2D eigenvalue weighted by molar-refractivity contribution is 1.16. The second-order valence-electron chi connectivity index (χ2n) is 4.35. The standard InChI is InChI=1S/C14H10N6S/c1-3-15-8-12-9(1)10(7-18-12)11-2-4-16-13(19-11)20-14-17-5-6-21-14/h1-8,18H,(H,16,17,19,20). The van der Waals surface area contributed by atoms with Gasteiger partial charge in [-0.05, 0) is 12.1 Å². The molecule has 0 saturated carbocycles. The maximum atomic E-state index is 4.54. The summed E-state index contributed by atoms with van der Waals surface area (Å²) in [5.41, 5.74) is 2.86. The molecule has 6 nitrogen and oxygen atoms in total. The van der Waals surface area contributed by atoms with Gasteiger partial charge in [0, 0.05) is 41.1 Å². The van der Waals surface area contributed by atoms with Gasteiger partial charge in [0.2, 0.25) is 5.95 Å². The largest absolute Gasteiger partial charge is 0.359 e. The Kier molecular flexibility index (Phi) is 2.82. The van der Waals surface area contributed by atoms with Crippen LogP contribution in [0.2, 0.25) is 0 Å². The lowest BCUT2D eigenvalue weighted by atomic mass is 10.1. The third kappa shape index (κ3) is 2.23. The van der Waals surface area contributed by atoms with Crippen LogP contribution in [-0.2, 0) is 0 Å². The molecular weight excluding hydrogens is 284 g/mol. The summed E-state index contributed by atoms with van der Waals surface area (Å²) in [7, 11) is 0. The lowest BCUT2D eigenvalue weighted by Crippen LogP contribution is -1.97. The van der Waals surface area contributed by atoms with Crippen molar-refractivity contribution in [2.24, 2.45) is 0 Å². The van der Waals surface area contributed by atoms with E-state index < -0.39 is 0 Å². The number of fused-ring (bicyclic) bond motifs is 1. The number of nitrogens with one attached hydrogen (secondary N) is 2. The first-order valence-corrected chi connectivity index (χ1v) is 7.19. The van der Waals surface area contributed by atoms with Gasteiger partial charge in [-0.3, -0.25) is 4.98 Å². The SMILES string of the molecule is c1cc2c(-c3ccnc(Nc4nccs4)n3)c[nH]c2cn1. The zero-order valence-electron chi connectivity index (χ0n) is 10.8. The van der Waals surface area contributed by atoms with E-state index in [0.717, 1.165) is 27.3 Å². The van der Waals surface area contributed by atoms with E-state index in [9.17, 15) is 0 Å². The Labute approximate surface area is 124 Å². The highest BCUT2D eigenvalue weighted by Gasteiger charge is 2.09. The van der Waals surface area contributed by atoms with E-state index in [1.165, 1.54) is 11.3 Å². The highest BCUT2D eigenvalue weighted by molar-refractivity contribution is 7.13. The normalized spacial score (nSPS) is 10.9. The maximum absolute atomic E-state index is 4.54. The van der Waals surface area contributed by atoms with Crippen molar-refractivity contribution >= 4 is 33.3 Å². The van der Waals surface area contributed by atoms with Gasteiger partial charge < -0.3 is 10.3 Å². The minimum atomic E-state index is 0.533. The molecule has 0 bridgehead atoms. The number of pyridine rings is 1. The van der Waals surface area contributed by atoms with E-state index >= 15 is 0 Å². The van der Waals surface area contributed by atoms with Crippen LogP contribution in [0.5, 0.6) is 0 Å². The van der Waals surface area contributed by atoms with Crippen LogP contribution < -0.4 is 5.32 Å². The molecule has 0 fully saturated rings. The molecule has 0 spiro atoms. The van der Waals surface area contributed by atoms with E-state index in [-0.39, 0.29) is 0 Å². The van der Waals surface area contributed by atoms with Crippen molar-refractivity contribution in [3.8, 4) is 11.3 Å². The summed E-state index contributed by atoms with van der Waals surface area (Å²) >= 11 is 1.51. The average Bonchev–Trinajstić information content (AvgIpc) is 3.16. The molecule has 7 heteroatoms. The number of anilines is 2. The van der Waals surface area contributed by atoms with Gasteiger partial charge in [0.15, 0.2) is 5.13 Å². The highest BCUT2D eigenvalue weighted by atomic mass is 32.1. The van der Waals surface area contributed by atoms with Crippen molar-refractivity contribution in [1.29, 1.82) is 0 Å². The van der Waals surface area contributed by atoms with Crippen molar-refractivity contribution in [2.45, 2.75) is 0 Å². The highest BCUT2D eigenvalue weighted by Crippen LogP contribution is 2.27. The Hall–Kier alpha value is -2.80. The third-order valence-corrected chi connectivity index (χ3v) is 3.75. The van der Waals surface area contributed by atoms with Crippen molar-refractivity contribution < 1.29 is 0 Å². The van der Waals surface area contributed by atoms with Crippen molar-refractivity contribution in [3.63, 3.8) is 0 Å². The van der Waals surface area contributed by atoms with Crippen LogP contribution in [0.1, 0.15) is 0 Å². The topological polar surface area (TPSA) is 79.4 Å². The van der Waals surface area contributed by atoms with Crippen LogP contribution >= 0.6 is 11.3 Å². The van der Waals surface area contributed by atoms with E-state index in [4.69, 9.17) is 0 Å². The number of aromatic amines is 1. The fourth-order valence-corrected chi connectivity index (χ4v) is 2.66. The first kappa shape index (κ1) is 12.0. The summed E-state index contributed by atoms with van der Waals surface area (Å²) in [4.78, 5) is 20.2. The lowest BCUT2D eigenvalue weighted by Gasteiger charge is -2.03. The molecular formula is C14H10N6S. The summed E-state index contributed by atoms with van der Waals surface area (Å²) in [5, 5.41) is 6.86. The molecule has 0 aliphatic heterocycles. The minimum Gasteiger partial charge on any atom is -0.359 e. The molecule has 0 amide bonds. The van der Waals surface area contributed by atoms with Gasteiger partial charge in [-0.2, -0.15) is 0 Å². The number of H-pyrrole nitrogens is 1. The van der Waals surface area contributed by atoms with Gasteiger partial charge in [0.25, 0.3) is 0 Å². The van der Waals surface area contributed by atoms with E-state index in [2.05, 4.69) is 30.2 Å². The minimum absolute atomic E-state index is 0.533. The predicted molar refractivity (Wildman–Crippen MR) is 82.5 cm³/mol. The third-order valence-electron chi connectivity index (χ3n) is 3.07. The Balaban J connectivity index is 1.75. The number of nitrogens with zero attached hydrogens (tertiary/aromatic N) is 4. The van der Waals surface area contributed by atoms with Gasteiger partial charge >= 0.3 is 0 Å². The molecule has 0 radical (unpaired) electrons. The predicted octanol–water partition coefficient (Wildman–Crippen LogP) is 3.22. The van der Waals surface area contributed by atoms with Crippen LogP contribution in [0.3, 0.4) is 0 Å². The fourth-order valence-electron chi connectivity index (χ4n) is 2.13. The number of hydrogen-bond donors (Lipinski definition) is 2. The van der Waals surface area contributed by atoms with Crippen molar-refractivity contribution in [3.05, 3.63) is 48.5 Å². The van der Waals surface area contributed by atoms with Gasteiger partial charge in [0.1, 0.15) is 0 Å². The van der Waals surface area contributed by atoms with Crippen LogP contribution in [0.25, 0.3) is 22.2 Å². The zero-order chi connectivity index (χ0) is 14.1. The van der Waals surface area contributed by atoms with Gasteiger partial charge in [-0.25, -0.2) is 15.0 Å². The summed E-state index contributed by atoms with van der Waals surface area (Å²) < 4.78 is 0. The van der Waals surface area contributed by atoms with Crippen molar-refractivity contribution in [1.82, 2.24) is 24.9 Å². The molecule has 4 heterocycles. The van der Waals surface area contributed by atoms with Crippen LogP contribution in [0.4, 0.5) is 11.1 Å². The average molecular weight is 294 g/mol. The molecule has 21 heavy (non-hydrogen) atoms. The molecule has 4 rings (SSSR count). The van der Waals surface area contributed by atoms with Crippen LogP contribution in [0, 0.1) is 0 Å². The van der Waals surface area contributed by atoms with Crippen molar-refractivity contribution in [2.75, 3.05) is 5.32 Å². The van der Waals surface area contributed by atoms with Crippen LogP contribution in [0.15, 0.2) is 48.5 Å². The van der Waals surface area contributed by atoms with Crippen LogP contribution in [-0.4, -0.2) is 24.9 Å². The second kappa shape index (κ2) is 4.95. The Morgan fingerprint density at radius 2 is 2.10 bits per heavy atom. The van der Waals surface area contributed by atoms with Gasteiger partial charge in [0.05, 0.1) is 17.4 Å². The number of thiazole rings is 1. The molecule has 0 unspecified atom stereocenters. The molecule has 4 aromatic heterocycles. The smallest absolute Gasteiger partial charge is 0.229 e. The molecule has 0 saturated heterocycles. The van der Waals surface area contributed by atoms with E-state index in [0.29, 0.717) is 5.95 Å². The monoisotopic (exact) mass is 294 g/mol. The molecule has 0 atom stereocenters. The fraction of sp³-hybridized carbons (Fsp3) is 0. The summed E-state index contributed by atoms with van der Waals surface area (Å²) in [6.07, 6.45) is 8.98. The maximum Gasteiger partial charge on any atom is 0.229 e. The summed E-state index contributed by atoms with van der Waals surface area (Å²) in [5.74, 6) is 0.533. The molecule has 0 aliphatic carbocycles. The second-order valence-corrected chi connectivity index (χ2v) is 5.25. The molecule has 102 valence electrons. The zero-order valence-corrected chi connectivity index (χ0v) is 11.6. The Bertz CT molecular complexity index is 883. The van der Waals surface area contributed by atoms with E-state index in [1.54, 1.807) is 24.8 Å². The molecule has 4 aromatic rings.